The Bertz CT molecular complexity index is 995. The van der Waals surface area contributed by atoms with Crippen LogP contribution in [0.15, 0.2) is 59.5 Å². The van der Waals surface area contributed by atoms with Gasteiger partial charge in [0.05, 0.1) is 4.92 Å². The molecule has 0 unspecified atom stereocenters. The van der Waals surface area contributed by atoms with Crippen molar-refractivity contribution in [3.8, 4) is 0 Å². The zero-order valence-corrected chi connectivity index (χ0v) is 22.4. The molecule has 0 heterocycles. The molecule has 0 spiro atoms. The summed E-state index contributed by atoms with van der Waals surface area (Å²) in [5.41, 5.74) is 1.31. The molecule has 1 fully saturated rings. The number of hydrogen-bond donors (Lipinski definition) is 0. The smallest absolute Gasteiger partial charge is 0.294 e. The monoisotopic (exact) mass is 547 g/mol. The van der Waals surface area contributed by atoms with Gasteiger partial charge in [0.15, 0.2) is 0 Å². The van der Waals surface area contributed by atoms with Crippen molar-refractivity contribution in [3.63, 3.8) is 0 Å². The fraction of sp³-hybridized carbons (Fsp3) is 0.417. The van der Waals surface area contributed by atoms with Gasteiger partial charge in [-0.15, -0.1) is 13.1 Å². The van der Waals surface area contributed by atoms with Gasteiger partial charge < -0.3 is 11.8 Å². The predicted molar refractivity (Wildman–Crippen MR) is 124 cm³/mol. The van der Waals surface area contributed by atoms with E-state index in [0.29, 0.717) is 13.1 Å². The van der Waals surface area contributed by atoms with Gasteiger partial charge in [-0.2, -0.15) is 8.42 Å². The molecule has 1 aliphatic rings. The zero-order valence-electron chi connectivity index (χ0n) is 18.8. The first-order valence-corrected chi connectivity index (χ1v) is 12.3. The van der Waals surface area contributed by atoms with Crippen molar-refractivity contribution in [1.82, 2.24) is 4.90 Å². The van der Waals surface area contributed by atoms with Crippen molar-refractivity contribution in [2.24, 2.45) is 0 Å². The second-order valence-electron chi connectivity index (χ2n) is 8.19. The van der Waals surface area contributed by atoms with Crippen LogP contribution in [0.4, 0.5) is 5.69 Å². The Balaban J connectivity index is 0.00000385. The summed E-state index contributed by atoms with van der Waals surface area (Å²) in [5.74, 6) is 0. The minimum atomic E-state index is -4.06. The number of rotatable bonds is 12. The summed E-state index contributed by atoms with van der Waals surface area (Å²) < 4.78 is 29.7. The van der Waals surface area contributed by atoms with Gasteiger partial charge in [0, 0.05) is 44.8 Å². The molecule has 0 saturated heterocycles. The first-order valence-electron chi connectivity index (χ1n) is 10.9. The Hall–Kier alpha value is -1.19. The fourth-order valence-electron chi connectivity index (χ4n) is 4.39. The van der Waals surface area contributed by atoms with Crippen LogP contribution in [0.3, 0.4) is 0 Å². The number of hydrogen-bond acceptors (Lipinski definition) is 6. The summed E-state index contributed by atoms with van der Waals surface area (Å²) in [6, 6.07) is 15.5. The Labute approximate surface area is 222 Å². The van der Waals surface area contributed by atoms with Crippen molar-refractivity contribution in [2.75, 3.05) is 26.2 Å². The normalized spacial score (nSPS) is 15.3. The molecule has 1 saturated carbocycles. The summed E-state index contributed by atoms with van der Waals surface area (Å²) in [6.45, 7) is 5.94. The largest absolute Gasteiger partial charge is 0.362 e. The minimum absolute atomic E-state index is 0. The predicted octanol–water partition coefficient (Wildman–Crippen LogP) is 4.54. The molecule has 0 amide bonds. The molecular weight excluding hydrogens is 517 g/mol. The molecule has 9 heteroatoms. The first kappa shape index (κ1) is 28.1. The maximum Gasteiger partial charge on any atom is 0.294 e. The van der Waals surface area contributed by atoms with Gasteiger partial charge in [0.1, 0.15) is 4.90 Å². The van der Waals surface area contributed by atoms with Crippen LogP contribution < -0.4 is 0 Å². The molecule has 33 heavy (non-hydrogen) atoms. The van der Waals surface area contributed by atoms with Crippen LogP contribution in [-0.2, 0) is 52.4 Å². The van der Waals surface area contributed by atoms with Gasteiger partial charge in [0.2, 0.25) is 0 Å². The first-order chi connectivity index (χ1) is 15.4. The summed E-state index contributed by atoms with van der Waals surface area (Å²) >= 11 is 0. The number of non-ortho nitro benzene ring substituents is 1. The molecule has 0 aromatic heterocycles. The molecule has 7 nitrogen and oxygen atoms in total. The Morgan fingerprint density at radius 2 is 1.82 bits per heavy atom. The van der Waals surface area contributed by atoms with Crippen LogP contribution in [0.1, 0.15) is 37.7 Å². The van der Waals surface area contributed by atoms with Crippen molar-refractivity contribution in [3.05, 3.63) is 83.6 Å². The molecule has 1 radical (unpaired) electrons. The standard InChI is InChI=1S/C24H30N2O5S.Y/c1-2-25(18-16-24(14-6-7-15-24)21-10-4-3-5-11-21)17-9-19-31-32(29,30)23-13-8-12-22(20-23)26(27)28;/h3-5,8-13,20H,1-2,6-7,14-19H2;/q-2;. The third-order valence-electron chi connectivity index (χ3n) is 6.22. The van der Waals surface area contributed by atoms with Gasteiger partial charge in [-0.05, 0) is 42.9 Å². The topological polar surface area (TPSA) is 89.8 Å². The van der Waals surface area contributed by atoms with Crippen LogP contribution in [0.5, 0.6) is 0 Å². The van der Waals surface area contributed by atoms with Gasteiger partial charge >= 0.3 is 0 Å². The van der Waals surface area contributed by atoms with E-state index >= 15 is 0 Å². The Kier molecular flexibility index (Phi) is 11.1. The average molecular weight is 547 g/mol. The van der Waals surface area contributed by atoms with Crippen molar-refractivity contribution in [1.29, 1.82) is 0 Å². The third-order valence-corrected chi connectivity index (χ3v) is 7.49. The second kappa shape index (κ2) is 13.0. The van der Waals surface area contributed by atoms with E-state index in [1.165, 1.54) is 49.4 Å². The summed E-state index contributed by atoms with van der Waals surface area (Å²) in [4.78, 5) is 12.2. The maximum atomic E-state index is 12.3. The molecule has 0 aliphatic heterocycles. The zero-order chi connectivity index (χ0) is 23.0. The van der Waals surface area contributed by atoms with Crippen molar-refractivity contribution >= 4 is 15.8 Å². The van der Waals surface area contributed by atoms with E-state index in [1.54, 1.807) is 6.42 Å². The second-order valence-corrected chi connectivity index (χ2v) is 9.80. The van der Waals surface area contributed by atoms with E-state index in [0.717, 1.165) is 19.0 Å². The fourth-order valence-corrected chi connectivity index (χ4v) is 5.31. The Morgan fingerprint density at radius 3 is 2.45 bits per heavy atom. The summed E-state index contributed by atoms with van der Waals surface area (Å²) in [7, 11) is -4.06. The maximum absolute atomic E-state index is 12.3. The summed E-state index contributed by atoms with van der Waals surface area (Å²) in [6.07, 6.45) is 7.66. The van der Waals surface area contributed by atoms with E-state index in [9.17, 15) is 18.5 Å². The van der Waals surface area contributed by atoms with E-state index in [4.69, 9.17) is 4.18 Å². The van der Waals surface area contributed by atoms with E-state index in [2.05, 4.69) is 36.1 Å². The average Bonchev–Trinajstić information content (AvgIpc) is 3.29. The molecule has 3 rings (SSSR count). The van der Waals surface area contributed by atoms with Crippen molar-refractivity contribution < 1.29 is 50.2 Å². The van der Waals surface area contributed by atoms with E-state index < -0.39 is 15.0 Å². The number of nitrogens with zero attached hydrogens (tertiary/aromatic N) is 2. The van der Waals surface area contributed by atoms with Crippen molar-refractivity contribution in [2.45, 2.75) is 42.4 Å². The van der Waals surface area contributed by atoms with E-state index in [-0.39, 0.29) is 55.3 Å². The van der Waals surface area contributed by atoms with Crippen LogP contribution >= 0.6 is 0 Å². The number of nitro groups is 1. The van der Waals surface area contributed by atoms with Gasteiger partial charge in [-0.25, -0.2) is 0 Å². The molecule has 2 aromatic carbocycles. The molecule has 0 atom stereocenters. The molecule has 2 aromatic rings. The number of benzene rings is 2. The van der Waals surface area contributed by atoms with E-state index in [1.807, 2.05) is 6.07 Å². The van der Waals surface area contributed by atoms with Crippen LogP contribution in [0, 0.1) is 23.5 Å². The Morgan fingerprint density at radius 1 is 1.12 bits per heavy atom. The molecule has 177 valence electrons. The third kappa shape index (κ3) is 7.65. The van der Waals surface area contributed by atoms with Gasteiger partial charge in [0.25, 0.3) is 15.8 Å². The summed E-state index contributed by atoms with van der Waals surface area (Å²) in [5, 5.41) is 10.9. The quantitative estimate of drug-likeness (QED) is 0.128. The molecular formula is C24H30N2O5SY-2. The van der Waals surface area contributed by atoms with Crippen LogP contribution in [0.25, 0.3) is 0 Å². The van der Waals surface area contributed by atoms with Gasteiger partial charge in [-0.3, -0.25) is 20.7 Å². The molecule has 0 N–H and O–H groups in total. The number of nitro benzene ring substituents is 1. The minimum Gasteiger partial charge on any atom is -0.362 e. The molecule has 0 bridgehead atoms. The SMILES string of the molecule is [CH2-]CN(C[CH-]COS(=O)(=O)c1cccc([N+](=O)[O-])c1)CCC1(c2ccccc2)CCCC1.[Y]. The molecule has 1 aliphatic carbocycles. The van der Waals surface area contributed by atoms with Crippen LogP contribution in [0.2, 0.25) is 0 Å². The van der Waals surface area contributed by atoms with Crippen LogP contribution in [-0.4, -0.2) is 44.5 Å². The van der Waals surface area contributed by atoms with Gasteiger partial charge in [-0.1, -0.05) is 55.8 Å².